The minimum absolute atomic E-state index is 0.604. The molecule has 0 radical (unpaired) electrons. The smallest absolute Gasteiger partial charge is 0.179 e. The van der Waals surface area contributed by atoms with Crippen molar-refractivity contribution in [3.05, 3.63) is 18.6 Å². The molecule has 62 valence electrons. The molecule has 2 rings (SSSR count). The Morgan fingerprint density at radius 3 is 2.92 bits per heavy atom. The second kappa shape index (κ2) is 2.53. The lowest BCUT2D eigenvalue weighted by Gasteiger charge is -2.03. The molecule has 0 aliphatic rings. The van der Waals surface area contributed by atoms with E-state index in [2.05, 4.69) is 15.1 Å². The Morgan fingerprint density at radius 1 is 1.42 bits per heavy atom. The van der Waals surface area contributed by atoms with E-state index in [1.54, 1.807) is 25.5 Å². The Balaban J connectivity index is 2.70. The lowest BCUT2D eigenvalue weighted by atomic mass is 10.5. The summed E-state index contributed by atoms with van der Waals surface area (Å²) in [4.78, 5) is 8.07. The quantitative estimate of drug-likeness (QED) is 0.660. The number of hydrogen-bond donors (Lipinski definition) is 1. The van der Waals surface area contributed by atoms with Crippen LogP contribution in [0.2, 0.25) is 0 Å². The Bertz CT molecular complexity index is 395. The monoisotopic (exact) mass is 164 g/mol. The molecule has 1 unspecified atom stereocenters. The molecule has 0 bridgehead atoms. The molecule has 1 atom stereocenters. The van der Waals surface area contributed by atoms with Gasteiger partial charge in [-0.25, -0.2) is 14.6 Å². The standard InChI is InChI=1S/C7H8N4O/c1-5(12)11-7-6(4-10-11)8-2-3-9-7/h2-5,12H,1H3. The molecule has 0 spiro atoms. The van der Waals surface area contributed by atoms with Crippen LogP contribution in [0.3, 0.4) is 0 Å². The van der Waals surface area contributed by atoms with Gasteiger partial charge in [-0.3, -0.25) is 0 Å². The van der Waals surface area contributed by atoms with Gasteiger partial charge in [0.25, 0.3) is 0 Å². The third kappa shape index (κ3) is 0.947. The van der Waals surface area contributed by atoms with E-state index in [1.165, 1.54) is 4.68 Å². The van der Waals surface area contributed by atoms with Gasteiger partial charge in [-0.05, 0) is 6.92 Å². The fourth-order valence-electron chi connectivity index (χ4n) is 1.05. The van der Waals surface area contributed by atoms with Crippen molar-refractivity contribution in [1.29, 1.82) is 0 Å². The van der Waals surface area contributed by atoms with E-state index in [9.17, 15) is 5.11 Å². The average molecular weight is 164 g/mol. The first-order chi connectivity index (χ1) is 5.79. The fourth-order valence-corrected chi connectivity index (χ4v) is 1.05. The van der Waals surface area contributed by atoms with Crippen LogP contribution < -0.4 is 0 Å². The third-order valence-electron chi connectivity index (χ3n) is 1.58. The van der Waals surface area contributed by atoms with Crippen LogP contribution in [0.5, 0.6) is 0 Å². The van der Waals surface area contributed by atoms with E-state index >= 15 is 0 Å². The van der Waals surface area contributed by atoms with Crippen molar-refractivity contribution < 1.29 is 5.11 Å². The molecular weight excluding hydrogens is 156 g/mol. The summed E-state index contributed by atoms with van der Waals surface area (Å²) in [5.41, 5.74) is 1.30. The zero-order valence-electron chi connectivity index (χ0n) is 6.55. The lowest BCUT2D eigenvalue weighted by molar-refractivity contribution is 0.115. The predicted octanol–water partition coefficient (Wildman–Crippen LogP) is 0.337. The van der Waals surface area contributed by atoms with Crippen molar-refractivity contribution >= 4 is 11.2 Å². The molecular formula is C7H8N4O. The third-order valence-corrected chi connectivity index (χ3v) is 1.58. The van der Waals surface area contributed by atoms with Crippen molar-refractivity contribution in [3.8, 4) is 0 Å². The summed E-state index contributed by atoms with van der Waals surface area (Å²) in [6, 6.07) is 0. The number of hydrogen-bond acceptors (Lipinski definition) is 4. The van der Waals surface area contributed by atoms with Gasteiger partial charge in [0.2, 0.25) is 0 Å². The zero-order chi connectivity index (χ0) is 8.55. The van der Waals surface area contributed by atoms with Gasteiger partial charge in [-0.15, -0.1) is 0 Å². The van der Waals surface area contributed by atoms with E-state index in [1.807, 2.05) is 0 Å². The van der Waals surface area contributed by atoms with Crippen LogP contribution in [0, 0.1) is 0 Å². The topological polar surface area (TPSA) is 63.8 Å². The highest BCUT2D eigenvalue weighted by atomic mass is 16.3. The normalized spacial score (nSPS) is 13.5. The number of aromatic nitrogens is 4. The molecule has 0 saturated carbocycles. The molecule has 1 N–H and O–H groups in total. The summed E-state index contributed by atoms with van der Waals surface area (Å²) in [5.74, 6) is 0. The largest absolute Gasteiger partial charge is 0.372 e. The fraction of sp³-hybridized carbons (Fsp3) is 0.286. The maximum atomic E-state index is 9.24. The molecule has 0 aliphatic carbocycles. The van der Waals surface area contributed by atoms with Crippen molar-refractivity contribution in [2.45, 2.75) is 13.2 Å². The highest BCUT2D eigenvalue weighted by molar-refractivity contribution is 5.68. The van der Waals surface area contributed by atoms with E-state index in [0.717, 1.165) is 0 Å². The van der Waals surface area contributed by atoms with Crippen molar-refractivity contribution in [2.75, 3.05) is 0 Å². The van der Waals surface area contributed by atoms with Gasteiger partial charge in [0.05, 0.1) is 6.20 Å². The molecule has 0 fully saturated rings. The summed E-state index contributed by atoms with van der Waals surface area (Å²) < 4.78 is 1.42. The molecule has 0 amide bonds. The SMILES string of the molecule is CC(O)n1ncc2nccnc21. The number of rotatable bonds is 1. The lowest BCUT2D eigenvalue weighted by Crippen LogP contribution is -2.05. The minimum Gasteiger partial charge on any atom is -0.372 e. The van der Waals surface area contributed by atoms with E-state index in [-0.39, 0.29) is 0 Å². The first kappa shape index (κ1) is 7.17. The summed E-state index contributed by atoms with van der Waals surface area (Å²) in [7, 11) is 0. The molecule has 2 heterocycles. The predicted molar refractivity (Wildman–Crippen MR) is 42.3 cm³/mol. The van der Waals surface area contributed by atoms with E-state index in [0.29, 0.717) is 11.2 Å². The van der Waals surface area contributed by atoms with Crippen LogP contribution in [-0.4, -0.2) is 24.9 Å². The van der Waals surface area contributed by atoms with Gasteiger partial charge in [0, 0.05) is 12.4 Å². The highest BCUT2D eigenvalue weighted by Gasteiger charge is 2.06. The second-order valence-corrected chi connectivity index (χ2v) is 2.49. The van der Waals surface area contributed by atoms with Crippen molar-refractivity contribution in [1.82, 2.24) is 19.7 Å². The Morgan fingerprint density at radius 2 is 2.17 bits per heavy atom. The first-order valence-corrected chi connectivity index (χ1v) is 3.61. The van der Waals surface area contributed by atoms with E-state index < -0.39 is 6.23 Å². The minimum atomic E-state index is -0.667. The molecule has 2 aromatic rings. The maximum absolute atomic E-state index is 9.24. The number of fused-ring (bicyclic) bond motifs is 1. The Labute approximate surface area is 68.7 Å². The Hall–Kier alpha value is -1.49. The average Bonchev–Trinajstić information content (AvgIpc) is 2.47. The van der Waals surface area contributed by atoms with E-state index in [4.69, 9.17) is 0 Å². The molecule has 0 saturated heterocycles. The highest BCUT2D eigenvalue weighted by Crippen LogP contribution is 2.10. The second-order valence-electron chi connectivity index (χ2n) is 2.49. The summed E-state index contributed by atoms with van der Waals surface area (Å²) in [6.07, 6.45) is 4.08. The summed E-state index contributed by atoms with van der Waals surface area (Å²) in [6.45, 7) is 1.63. The van der Waals surface area contributed by atoms with Gasteiger partial charge >= 0.3 is 0 Å². The number of nitrogens with zero attached hydrogens (tertiary/aromatic N) is 4. The van der Waals surface area contributed by atoms with Crippen LogP contribution in [0.15, 0.2) is 18.6 Å². The Kier molecular flexibility index (Phi) is 1.51. The summed E-state index contributed by atoms with van der Waals surface area (Å²) >= 11 is 0. The van der Waals surface area contributed by atoms with Gasteiger partial charge in [0.1, 0.15) is 11.7 Å². The number of aliphatic hydroxyl groups is 1. The molecule has 5 heteroatoms. The zero-order valence-corrected chi connectivity index (χ0v) is 6.55. The van der Waals surface area contributed by atoms with Crippen LogP contribution in [0.1, 0.15) is 13.2 Å². The van der Waals surface area contributed by atoms with Gasteiger partial charge in [-0.2, -0.15) is 5.10 Å². The molecule has 0 aliphatic heterocycles. The molecule has 0 aromatic carbocycles. The molecule has 5 nitrogen and oxygen atoms in total. The van der Waals surface area contributed by atoms with Crippen molar-refractivity contribution in [3.63, 3.8) is 0 Å². The van der Waals surface area contributed by atoms with Crippen LogP contribution >= 0.6 is 0 Å². The number of aliphatic hydroxyl groups excluding tert-OH is 1. The first-order valence-electron chi connectivity index (χ1n) is 3.61. The van der Waals surface area contributed by atoms with Crippen LogP contribution in [0.25, 0.3) is 11.2 Å². The van der Waals surface area contributed by atoms with Crippen LogP contribution in [-0.2, 0) is 0 Å². The van der Waals surface area contributed by atoms with Crippen LogP contribution in [0.4, 0.5) is 0 Å². The van der Waals surface area contributed by atoms with Gasteiger partial charge in [-0.1, -0.05) is 0 Å². The summed E-state index contributed by atoms with van der Waals surface area (Å²) in [5, 5.41) is 13.2. The molecule has 2 aromatic heterocycles. The van der Waals surface area contributed by atoms with Gasteiger partial charge in [0.15, 0.2) is 5.65 Å². The van der Waals surface area contributed by atoms with Crippen molar-refractivity contribution in [2.24, 2.45) is 0 Å². The van der Waals surface area contributed by atoms with Gasteiger partial charge < -0.3 is 5.11 Å². The molecule has 12 heavy (non-hydrogen) atoms. The maximum Gasteiger partial charge on any atom is 0.179 e.